The number of carbonyl (C=O) groups excluding carboxylic acids is 1. The predicted octanol–water partition coefficient (Wildman–Crippen LogP) is 4.75. The van der Waals surface area contributed by atoms with E-state index in [2.05, 4.69) is 41.5 Å². The second-order valence-corrected chi connectivity index (χ2v) is 12.0. The van der Waals surface area contributed by atoms with E-state index in [1.54, 1.807) is 18.2 Å². The Morgan fingerprint density at radius 1 is 1.05 bits per heavy atom. The lowest BCUT2D eigenvalue weighted by atomic mass is 10.00. The van der Waals surface area contributed by atoms with Crippen molar-refractivity contribution in [3.05, 3.63) is 94.6 Å². The fraction of sp³-hybridized carbons (Fsp3) is 0.406. The normalized spacial score (nSPS) is 16.2. The number of aliphatic hydroxyl groups is 1. The number of unbranched alkanes of at least 4 members (excludes halogenated alkanes) is 1. The van der Waals surface area contributed by atoms with Gasteiger partial charge in [0, 0.05) is 31.3 Å². The van der Waals surface area contributed by atoms with Crippen LogP contribution in [0.25, 0.3) is 0 Å². The van der Waals surface area contributed by atoms with Crippen LogP contribution >= 0.6 is 0 Å². The highest BCUT2D eigenvalue weighted by atomic mass is 32.2. The molecule has 41 heavy (non-hydrogen) atoms. The first-order chi connectivity index (χ1) is 19.8. The van der Waals surface area contributed by atoms with E-state index >= 15 is 0 Å². The number of aryl methyl sites for hydroxylation is 1. The number of anilines is 1. The molecule has 1 aliphatic rings. The van der Waals surface area contributed by atoms with E-state index in [4.69, 9.17) is 0 Å². The van der Waals surface area contributed by atoms with Gasteiger partial charge in [0.2, 0.25) is 0 Å². The molecule has 0 aliphatic carbocycles. The fourth-order valence-corrected chi connectivity index (χ4v) is 6.33. The van der Waals surface area contributed by atoms with Crippen molar-refractivity contribution in [2.75, 3.05) is 30.3 Å². The van der Waals surface area contributed by atoms with Gasteiger partial charge in [-0.1, -0.05) is 44.5 Å². The molecule has 1 amide bonds. The minimum atomic E-state index is -1.13. The van der Waals surface area contributed by atoms with Crippen molar-refractivity contribution in [1.29, 1.82) is 0 Å². The highest BCUT2D eigenvalue weighted by molar-refractivity contribution is 7.91. The zero-order valence-electron chi connectivity index (χ0n) is 23.7. The fourth-order valence-electron chi connectivity index (χ4n) is 5.09. The van der Waals surface area contributed by atoms with Gasteiger partial charge in [-0.15, -0.1) is 0 Å². The smallest absolute Gasteiger partial charge is 0.251 e. The number of rotatable bonds is 13. The van der Waals surface area contributed by atoms with E-state index in [1.165, 1.54) is 17.7 Å². The maximum absolute atomic E-state index is 13.9. The summed E-state index contributed by atoms with van der Waals surface area (Å²) < 4.78 is 40.5. The van der Waals surface area contributed by atoms with E-state index in [1.807, 2.05) is 12.1 Å². The summed E-state index contributed by atoms with van der Waals surface area (Å²) in [7, 11) is 0. The van der Waals surface area contributed by atoms with Crippen molar-refractivity contribution in [1.82, 2.24) is 10.6 Å². The summed E-state index contributed by atoms with van der Waals surface area (Å²) in [4.78, 5) is 16.3. The third-order valence-electron chi connectivity index (χ3n) is 7.38. The highest BCUT2D eigenvalue weighted by Gasteiger charge is 2.29. The van der Waals surface area contributed by atoms with Crippen molar-refractivity contribution in [3.8, 4) is 0 Å². The molecule has 0 saturated heterocycles. The van der Waals surface area contributed by atoms with Crippen LogP contribution in [-0.4, -0.2) is 53.1 Å². The van der Waals surface area contributed by atoms with Gasteiger partial charge < -0.3 is 25.2 Å². The molecule has 3 aromatic rings. The van der Waals surface area contributed by atoms with Crippen LogP contribution in [-0.2, 0) is 30.6 Å². The lowest BCUT2D eigenvalue weighted by Crippen LogP contribution is -2.48. The molecular weight excluding hydrogens is 544 g/mol. The number of nitrogens with zero attached hydrogens (tertiary/aromatic N) is 1. The van der Waals surface area contributed by atoms with Crippen LogP contribution in [0.15, 0.2) is 65.6 Å². The van der Waals surface area contributed by atoms with Gasteiger partial charge in [0.15, 0.2) is 4.90 Å². The van der Waals surface area contributed by atoms with Gasteiger partial charge in [0.25, 0.3) is 5.91 Å². The predicted molar refractivity (Wildman–Crippen MR) is 160 cm³/mol. The monoisotopic (exact) mass is 583 g/mol. The molecule has 0 aromatic heterocycles. The molecule has 3 N–H and O–H groups in total. The molecule has 0 radical (unpaired) electrons. The Hall–Kier alpha value is -2.98. The van der Waals surface area contributed by atoms with E-state index < -0.39 is 40.9 Å². The number of aliphatic hydroxyl groups excluding tert-OH is 1. The average molecular weight is 584 g/mol. The Morgan fingerprint density at radius 3 is 2.54 bits per heavy atom. The van der Waals surface area contributed by atoms with Crippen LogP contribution in [0.4, 0.5) is 14.5 Å². The largest absolute Gasteiger partial charge is 0.611 e. The first-order valence-corrected chi connectivity index (χ1v) is 15.6. The Bertz CT molecular complexity index is 1300. The topological polar surface area (TPSA) is 87.7 Å². The number of nitrogens with one attached hydrogen (secondary N) is 2. The van der Waals surface area contributed by atoms with Gasteiger partial charge in [-0.25, -0.2) is 8.78 Å². The number of halogens is 2. The summed E-state index contributed by atoms with van der Waals surface area (Å²) in [5.41, 5.74) is 3.77. The van der Waals surface area contributed by atoms with Crippen LogP contribution in [0.3, 0.4) is 0 Å². The van der Waals surface area contributed by atoms with E-state index in [9.17, 15) is 23.2 Å². The van der Waals surface area contributed by atoms with Gasteiger partial charge in [0.1, 0.15) is 17.4 Å². The Balaban J connectivity index is 1.51. The molecule has 0 fully saturated rings. The third kappa shape index (κ3) is 8.52. The van der Waals surface area contributed by atoms with Crippen molar-refractivity contribution in [2.45, 2.75) is 63.1 Å². The van der Waals surface area contributed by atoms with E-state index in [-0.39, 0.29) is 13.0 Å². The molecule has 6 nitrogen and oxygen atoms in total. The molecule has 1 unspecified atom stereocenters. The lowest BCUT2D eigenvalue weighted by molar-refractivity contribution is 0.0829. The van der Waals surface area contributed by atoms with Crippen LogP contribution in [0.5, 0.6) is 0 Å². The average Bonchev–Trinajstić information content (AvgIpc) is 2.96. The SMILES string of the molecule is CCCCN1CC[S+]([O-])c2ccc(C(=O)N[C@@H](Cc3cc(F)cc(F)c3)[C@H](O)CNCc3cccc(CC)c3)cc21. The standard InChI is InChI=1S/C32H39F2N3O3S/c1-3-5-11-37-12-13-41(40)31-10-9-25(18-29(31)37)32(39)36-28(17-24-15-26(33)19-27(34)16-24)30(38)21-35-20-23-8-6-7-22(4-2)14-23/h6-10,14-16,18-19,28,30,35,38H,3-5,11-13,17,20-21H2,1-2H3,(H,36,39)/t28-,30+,41?/m0/s1. The molecule has 4 rings (SSSR count). The van der Waals surface area contributed by atoms with E-state index in [0.29, 0.717) is 34.9 Å². The minimum absolute atomic E-state index is 0.0339. The molecule has 3 atom stereocenters. The van der Waals surface area contributed by atoms with Crippen molar-refractivity contribution in [2.24, 2.45) is 0 Å². The summed E-state index contributed by atoms with van der Waals surface area (Å²) in [5.74, 6) is -1.31. The number of fused-ring (bicyclic) bond motifs is 1. The Labute approximate surface area is 244 Å². The molecule has 0 spiro atoms. The first-order valence-electron chi connectivity index (χ1n) is 14.3. The maximum Gasteiger partial charge on any atom is 0.251 e. The summed E-state index contributed by atoms with van der Waals surface area (Å²) in [6.45, 7) is 6.35. The zero-order chi connectivity index (χ0) is 29.4. The van der Waals surface area contributed by atoms with Crippen molar-refractivity contribution < 1.29 is 23.2 Å². The second kappa shape index (κ2) is 14.8. The number of amides is 1. The number of carbonyl (C=O) groups is 1. The molecule has 3 aromatic carbocycles. The zero-order valence-corrected chi connectivity index (χ0v) is 24.5. The molecular formula is C32H39F2N3O3S. The van der Waals surface area contributed by atoms with E-state index in [0.717, 1.165) is 43.1 Å². The third-order valence-corrected chi connectivity index (χ3v) is 8.77. The lowest BCUT2D eigenvalue weighted by Gasteiger charge is -2.32. The molecule has 220 valence electrons. The van der Waals surface area contributed by atoms with Gasteiger partial charge in [0.05, 0.1) is 24.4 Å². The number of hydrogen-bond donors (Lipinski definition) is 3. The van der Waals surface area contributed by atoms with Gasteiger partial charge in [-0.3, -0.25) is 4.79 Å². The van der Waals surface area contributed by atoms with Crippen LogP contribution < -0.4 is 15.5 Å². The molecule has 1 aliphatic heterocycles. The van der Waals surface area contributed by atoms with Crippen molar-refractivity contribution >= 4 is 22.8 Å². The van der Waals surface area contributed by atoms with Crippen molar-refractivity contribution in [3.63, 3.8) is 0 Å². The molecule has 0 bridgehead atoms. The summed E-state index contributed by atoms with van der Waals surface area (Å²) >= 11 is -1.13. The minimum Gasteiger partial charge on any atom is -0.611 e. The number of hydrogen-bond acceptors (Lipinski definition) is 5. The summed E-state index contributed by atoms with van der Waals surface area (Å²) in [6, 6.07) is 15.7. The van der Waals surface area contributed by atoms with Crippen LogP contribution in [0.2, 0.25) is 0 Å². The Morgan fingerprint density at radius 2 is 1.80 bits per heavy atom. The van der Waals surface area contributed by atoms with Gasteiger partial charge >= 0.3 is 0 Å². The first kappa shape index (κ1) is 31.0. The second-order valence-electron chi connectivity index (χ2n) is 10.5. The quantitative estimate of drug-likeness (QED) is 0.253. The summed E-state index contributed by atoms with van der Waals surface area (Å²) in [5, 5.41) is 17.3. The van der Waals surface area contributed by atoms with Gasteiger partial charge in [-0.2, -0.15) is 0 Å². The Kier molecular flexibility index (Phi) is 11.2. The number of benzene rings is 3. The molecule has 9 heteroatoms. The van der Waals surface area contributed by atoms with Crippen LogP contribution in [0.1, 0.15) is 53.7 Å². The van der Waals surface area contributed by atoms with Crippen LogP contribution in [0, 0.1) is 11.6 Å². The highest BCUT2D eigenvalue weighted by Crippen LogP contribution is 2.32. The van der Waals surface area contributed by atoms with Gasteiger partial charge in [-0.05, 0) is 77.5 Å². The molecule has 0 saturated carbocycles. The molecule has 1 heterocycles. The maximum atomic E-state index is 13.9. The summed E-state index contributed by atoms with van der Waals surface area (Å²) in [6.07, 6.45) is 1.92.